The van der Waals surface area contributed by atoms with Crippen LogP contribution in [-0.2, 0) is 16.1 Å². The van der Waals surface area contributed by atoms with Crippen LogP contribution in [0.1, 0.15) is 12.5 Å². The van der Waals surface area contributed by atoms with E-state index in [9.17, 15) is 4.79 Å². The van der Waals surface area contributed by atoms with Crippen LogP contribution < -0.4 is 0 Å². The van der Waals surface area contributed by atoms with Crippen LogP contribution in [0.4, 0.5) is 0 Å². The van der Waals surface area contributed by atoms with Crippen molar-refractivity contribution in [1.29, 1.82) is 0 Å². The Labute approximate surface area is 137 Å². The second-order valence-corrected chi connectivity index (χ2v) is 5.44. The van der Waals surface area contributed by atoms with Crippen molar-refractivity contribution in [3.05, 3.63) is 83.8 Å². The van der Waals surface area contributed by atoms with Crippen LogP contribution in [0.5, 0.6) is 0 Å². The highest BCUT2D eigenvalue weighted by molar-refractivity contribution is 5.91. The summed E-state index contributed by atoms with van der Waals surface area (Å²) in [6.45, 7) is 3.18. The van der Waals surface area contributed by atoms with Crippen molar-refractivity contribution in [1.82, 2.24) is 9.88 Å². The lowest BCUT2D eigenvalue weighted by atomic mass is 10.1. The van der Waals surface area contributed by atoms with E-state index in [4.69, 9.17) is 4.74 Å². The topological polar surface area (TPSA) is 45.3 Å². The lowest BCUT2D eigenvalue weighted by molar-refractivity contribution is -0.140. The Balaban J connectivity index is 0.000000326. The minimum Gasteiger partial charge on any atom is -0.457 e. The Bertz CT molecular complexity index is 641. The number of likely N-dealkylation sites (N-methyl/N-ethyl adjacent to an activating group) is 1. The molecule has 2 heterocycles. The van der Waals surface area contributed by atoms with Crippen LogP contribution in [0.15, 0.2) is 78.3 Å². The summed E-state index contributed by atoms with van der Waals surface area (Å²) >= 11 is 0. The zero-order valence-corrected chi connectivity index (χ0v) is 13.5. The number of aromatic nitrogens is 1. The van der Waals surface area contributed by atoms with Crippen molar-refractivity contribution in [2.24, 2.45) is 0 Å². The van der Waals surface area contributed by atoms with Gasteiger partial charge in [-0.25, -0.2) is 4.79 Å². The summed E-state index contributed by atoms with van der Waals surface area (Å²) in [5.74, 6) is -0.273. The number of hydrogen-bond acceptors (Lipinski definition) is 3. The number of nitrogens with one attached hydrogen (secondary N) is 1. The summed E-state index contributed by atoms with van der Waals surface area (Å²) in [7, 11) is 1.95. The molecular formula is C19H22N2O2. The van der Waals surface area contributed by atoms with Gasteiger partial charge in [-0.3, -0.25) is 0 Å². The van der Waals surface area contributed by atoms with Gasteiger partial charge in [0, 0.05) is 32.2 Å². The zero-order valence-electron chi connectivity index (χ0n) is 13.5. The lowest BCUT2D eigenvalue weighted by Gasteiger charge is -2.20. The molecule has 1 aliphatic heterocycles. The molecule has 0 amide bonds. The number of carbonyl (C=O) groups excluding carboxylic acids is 1. The first-order valence-electron chi connectivity index (χ1n) is 7.53. The maximum Gasteiger partial charge on any atom is 0.339 e. The van der Waals surface area contributed by atoms with Gasteiger partial charge < -0.3 is 14.6 Å². The van der Waals surface area contributed by atoms with Gasteiger partial charge in [0.25, 0.3) is 0 Å². The summed E-state index contributed by atoms with van der Waals surface area (Å²) in [6.07, 6.45) is 7.45. The van der Waals surface area contributed by atoms with Crippen molar-refractivity contribution in [2.45, 2.75) is 13.5 Å². The van der Waals surface area contributed by atoms with Crippen LogP contribution >= 0.6 is 0 Å². The van der Waals surface area contributed by atoms with E-state index in [1.165, 1.54) is 0 Å². The van der Waals surface area contributed by atoms with Crippen LogP contribution in [0, 0.1) is 0 Å². The van der Waals surface area contributed by atoms with Gasteiger partial charge in [0.05, 0.1) is 5.57 Å². The van der Waals surface area contributed by atoms with Crippen LogP contribution in [0.25, 0.3) is 0 Å². The molecule has 1 aromatic carbocycles. The Morgan fingerprint density at radius 2 is 1.87 bits per heavy atom. The van der Waals surface area contributed by atoms with E-state index in [1.807, 2.05) is 86.0 Å². The fourth-order valence-corrected chi connectivity index (χ4v) is 2.22. The first kappa shape index (κ1) is 16.6. The molecule has 0 saturated carbocycles. The number of rotatable bonds is 3. The SMILES string of the molecule is CC1=CC(C(=O)OCc2ccccc2)=CN(C)C1.c1cc[nH]c1. The number of aromatic amines is 1. The number of esters is 1. The molecule has 120 valence electrons. The maximum absolute atomic E-state index is 11.9. The minimum absolute atomic E-state index is 0.273. The predicted molar refractivity (Wildman–Crippen MR) is 91.5 cm³/mol. The van der Waals surface area contributed by atoms with Gasteiger partial charge in [-0.15, -0.1) is 0 Å². The van der Waals surface area contributed by atoms with E-state index in [0.29, 0.717) is 12.2 Å². The lowest BCUT2D eigenvalue weighted by Crippen LogP contribution is -2.21. The molecule has 1 N–H and O–H groups in total. The fraction of sp³-hybridized carbons (Fsp3) is 0.211. The summed E-state index contributed by atoms with van der Waals surface area (Å²) < 4.78 is 5.29. The Hall–Kier alpha value is -2.75. The molecule has 0 aliphatic carbocycles. The molecule has 4 nitrogen and oxygen atoms in total. The molecule has 4 heteroatoms. The van der Waals surface area contributed by atoms with Gasteiger partial charge in [0.2, 0.25) is 0 Å². The molecule has 2 aromatic rings. The molecule has 23 heavy (non-hydrogen) atoms. The van der Waals surface area contributed by atoms with Crippen LogP contribution in [0.2, 0.25) is 0 Å². The van der Waals surface area contributed by atoms with E-state index in [0.717, 1.165) is 17.7 Å². The monoisotopic (exact) mass is 310 g/mol. The van der Waals surface area contributed by atoms with Crippen molar-refractivity contribution >= 4 is 5.97 Å². The summed E-state index contributed by atoms with van der Waals surface area (Å²) in [5.41, 5.74) is 2.76. The summed E-state index contributed by atoms with van der Waals surface area (Å²) in [4.78, 5) is 16.7. The Kier molecular flexibility index (Phi) is 6.24. The van der Waals surface area contributed by atoms with E-state index >= 15 is 0 Å². The molecule has 0 spiro atoms. The molecular weight excluding hydrogens is 288 g/mol. The van der Waals surface area contributed by atoms with Crippen molar-refractivity contribution in [2.75, 3.05) is 13.6 Å². The van der Waals surface area contributed by atoms with Gasteiger partial charge in [-0.2, -0.15) is 0 Å². The van der Waals surface area contributed by atoms with Crippen molar-refractivity contribution in [3.63, 3.8) is 0 Å². The number of ether oxygens (including phenoxy) is 1. The Morgan fingerprint density at radius 1 is 1.17 bits per heavy atom. The van der Waals surface area contributed by atoms with E-state index in [2.05, 4.69) is 4.98 Å². The predicted octanol–water partition coefficient (Wildman–Crippen LogP) is 3.52. The third kappa shape index (κ3) is 5.87. The number of benzene rings is 1. The second-order valence-electron chi connectivity index (χ2n) is 5.44. The smallest absolute Gasteiger partial charge is 0.339 e. The van der Waals surface area contributed by atoms with Gasteiger partial charge in [0.15, 0.2) is 0 Å². The van der Waals surface area contributed by atoms with Gasteiger partial charge in [-0.1, -0.05) is 35.9 Å². The fourth-order valence-electron chi connectivity index (χ4n) is 2.22. The molecule has 0 unspecified atom stereocenters. The van der Waals surface area contributed by atoms with E-state index in [-0.39, 0.29) is 5.97 Å². The van der Waals surface area contributed by atoms with E-state index in [1.54, 1.807) is 0 Å². The average molecular weight is 310 g/mol. The highest BCUT2D eigenvalue weighted by Gasteiger charge is 2.14. The van der Waals surface area contributed by atoms with E-state index < -0.39 is 0 Å². The van der Waals surface area contributed by atoms with Crippen LogP contribution in [0.3, 0.4) is 0 Å². The average Bonchev–Trinajstić information content (AvgIpc) is 3.12. The summed E-state index contributed by atoms with van der Waals surface area (Å²) in [6, 6.07) is 13.6. The zero-order chi connectivity index (χ0) is 16.5. The number of carbonyl (C=O) groups is 1. The number of H-pyrrole nitrogens is 1. The van der Waals surface area contributed by atoms with Crippen molar-refractivity contribution < 1.29 is 9.53 Å². The van der Waals surface area contributed by atoms with Crippen LogP contribution in [-0.4, -0.2) is 29.4 Å². The quantitative estimate of drug-likeness (QED) is 0.882. The number of nitrogens with zero attached hydrogens (tertiary/aromatic N) is 1. The molecule has 1 aromatic heterocycles. The Morgan fingerprint density at radius 3 is 2.43 bits per heavy atom. The molecule has 0 saturated heterocycles. The van der Waals surface area contributed by atoms with Crippen molar-refractivity contribution in [3.8, 4) is 0 Å². The first-order valence-corrected chi connectivity index (χ1v) is 7.53. The first-order chi connectivity index (χ1) is 11.1. The molecule has 3 rings (SSSR count). The largest absolute Gasteiger partial charge is 0.457 e. The highest BCUT2D eigenvalue weighted by Crippen LogP contribution is 2.14. The third-order valence-corrected chi connectivity index (χ3v) is 3.20. The summed E-state index contributed by atoms with van der Waals surface area (Å²) in [5, 5.41) is 0. The third-order valence-electron chi connectivity index (χ3n) is 3.20. The molecule has 0 atom stereocenters. The molecule has 0 fully saturated rings. The van der Waals surface area contributed by atoms with Gasteiger partial charge in [0.1, 0.15) is 6.61 Å². The molecule has 0 bridgehead atoms. The van der Waals surface area contributed by atoms with Gasteiger partial charge in [-0.05, 0) is 30.7 Å². The second kappa shape index (κ2) is 8.63. The normalized spacial score (nSPS) is 13.4. The highest BCUT2D eigenvalue weighted by atomic mass is 16.5. The standard InChI is InChI=1S/C15H17NO2.C4H5N/c1-12-8-14(10-16(2)9-12)15(17)18-11-13-6-4-3-5-7-13;1-2-4-5-3-1/h3-8,10H,9,11H2,1-2H3;1-5H. The van der Waals surface area contributed by atoms with Gasteiger partial charge >= 0.3 is 5.97 Å². The minimum atomic E-state index is -0.273. The maximum atomic E-state index is 11.9. The molecule has 1 aliphatic rings. The number of hydrogen-bond donors (Lipinski definition) is 1. The molecule has 0 radical (unpaired) electrons.